The number of piperidine rings is 1. The Morgan fingerprint density at radius 1 is 0.892 bits per heavy atom. The first-order chi connectivity index (χ1) is 30.1. The van der Waals surface area contributed by atoms with E-state index in [1.807, 2.05) is 60.6 Å². The SMILES string of the molecule is COC(=O)/C(C)=C\CC12OC(C)(C)C3CC(C1=O)C(N1CCCCC1)C1C(=O)c4c(OP(=O)(O)OP(=O)(O)OP(=O)(O)O)c5c(c(CC=C(C)C)c4OC132)OC(C)(CCC=C(C)C)C=C5. The minimum Gasteiger partial charge on any atom is -0.482 e. The number of nitrogens with zero attached hydrogens (tertiary/aromatic N) is 1. The lowest BCUT2D eigenvalue weighted by molar-refractivity contribution is -0.214. The summed E-state index contributed by atoms with van der Waals surface area (Å²) in [5.41, 5.74) is -3.55. The quantitative estimate of drug-likeness (QED) is 0.0564. The van der Waals surface area contributed by atoms with Gasteiger partial charge >= 0.3 is 29.4 Å². The standard InChI is InChI=1S/C44H60NO17P3/c1-25(2)14-13-19-42(8)20-18-29-36(57-42)28(16-15-26(3)4)37-32(38(29)59-64(52,53)62-65(54,55)61-63(49,50)51)35(46)33-34(45-22-11-10-12-23-45)30-24-31-41(6,7)60-43(39(30)47,44(31,33)58-37)21-17-27(5)40(48)56-9/h14-15,17-18,20,30-31,33-34H,10-13,16,19,21-24H2,1-9H3,(H,52,53)(H,54,55)(H2,49,50,51)/b27-17-. The maximum atomic E-state index is 16.3. The van der Waals surface area contributed by atoms with Crippen LogP contribution < -0.4 is 14.0 Å². The molecule has 7 aliphatic rings. The molecule has 65 heavy (non-hydrogen) atoms. The van der Waals surface area contributed by atoms with Crippen LogP contribution in [0.4, 0.5) is 0 Å². The van der Waals surface area contributed by atoms with Gasteiger partial charge in [0.05, 0.1) is 24.2 Å². The monoisotopic (exact) mass is 967 g/mol. The molecular formula is C44H60NO17P3. The number of likely N-dealkylation sites (tertiary alicyclic amines) is 1. The number of esters is 1. The van der Waals surface area contributed by atoms with E-state index in [0.29, 0.717) is 37.9 Å². The number of fused-ring (bicyclic) bond motifs is 2. The average molecular weight is 968 g/mol. The molecule has 21 heteroatoms. The Labute approximate surface area is 378 Å². The summed E-state index contributed by atoms with van der Waals surface area (Å²) in [6, 6.07) is -0.738. The number of methoxy groups -OCH3 is 1. The van der Waals surface area contributed by atoms with Crippen LogP contribution in [0, 0.1) is 17.8 Å². The second-order valence-corrected chi connectivity index (χ2v) is 23.5. The molecule has 1 spiro atoms. The van der Waals surface area contributed by atoms with Crippen molar-refractivity contribution in [2.24, 2.45) is 17.8 Å². The number of ketones is 2. The fourth-order valence-corrected chi connectivity index (χ4v) is 14.2. The molecule has 9 unspecified atom stereocenters. The van der Waals surface area contributed by atoms with Gasteiger partial charge in [-0.15, -0.1) is 0 Å². The highest BCUT2D eigenvalue weighted by molar-refractivity contribution is 7.66. The summed E-state index contributed by atoms with van der Waals surface area (Å²) in [6.45, 7) is 15.9. The molecule has 2 saturated heterocycles. The molecule has 0 aromatic heterocycles. The predicted octanol–water partition coefficient (Wildman–Crippen LogP) is 7.87. The highest BCUT2D eigenvalue weighted by Crippen LogP contribution is 2.72. The van der Waals surface area contributed by atoms with Gasteiger partial charge in [0.25, 0.3) is 0 Å². The van der Waals surface area contributed by atoms with Gasteiger partial charge < -0.3 is 38.2 Å². The third kappa shape index (κ3) is 8.99. The van der Waals surface area contributed by atoms with Crippen molar-refractivity contribution in [3.8, 4) is 17.2 Å². The molecule has 1 aromatic carbocycles. The van der Waals surface area contributed by atoms with Gasteiger partial charge in [-0.25, -0.2) is 18.5 Å². The molecule has 4 aliphatic heterocycles. The van der Waals surface area contributed by atoms with Gasteiger partial charge in [-0.3, -0.25) is 19.4 Å². The molecule has 9 atom stereocenters. The number of carbonyl (C=O) groups is 3. The topological polar surface area (TPSA) is 251 Å². The molecule has 0 radical (unpaired) electrons. The van der Waals surface area contributed by atoms with E-state index in [4.69, 9.17) is 23.5 Å². The minimum atomic E-state index is -6.02. The van der Waals surface area contributed by atoms with Crippen molar-refractivity contribution in [1.29, 1.82) is 0 Å². The Morgan fingerprint density at radius 2 is 1.55 bits per heavy atom. The van der Waals surface area contributed by atoms with E-state index in [2.05, 4.69) is 13.5 Å². The van der Waals surface area contributed by atoms with Crippen molar-refractivity contribution in [1.82, 2.24) is 4.90 Å². The van der Waals surface area contributed by atoms with E-state index in [9.17, 15) is 38.1 Å². The zero-order chi connectivity index (χ0) is 47.9. The Morgan fingerprint density at radius 3 is 2.17 bits per heavy atom. The number of ether oxygens (including phenoxy) is 4. The second kappa shape index (κ2) is 17.4. The van der Waals surface area contributed by atoms with Crippen LogP contribution in [0.25, 0.3) is 6.08 Å². The normalized spacial score (nSPS) is 31.9. The average Bonchev–Trinajstić information content (AvgIpc) is 3.33. The predicted molar refractivity (Wildman–Crippen MR) is 236 cm³/mol. The molecule has 4 bridgehead atoms. The lowest BCUT2D eigenvalue weighted by Gasteiger charge is -2.64. The van der Waals surface area contributed by atoms with E-state index in [1.165, 1.54) is 7.11 Å². The van der Waals surface area contributed by atoms with Gasteiger partial charge in [-0.2, -0.15) is 8.62 Å². The molecule has 1 aromatic rings. The zero-order valence-corrected chi connectivity index (χ0v) is 40.8. The number of benzene rings is 1. The van der Waals surface area contributed by atoms with Gasteiger partial charge in [0, 0.05) is 35.4 Å². The maximum absolute atomic E-state index is 16.3. The van der Waals surface area contributed by atoms with Gasteiger partial charge in [-0.1, -0.05) is 35.8 Å². The number of hydrogen-bond donors (Lipinski definition) is 4. The molecule has 18 nitrogen and oxygen atoms in total. The first-order valence-corrected chi connectivity index (χ1v) is 26.3. The fraction of sp³-hybridized carbons (Fsp3) is 0.614. The van der Waals surface area contributed by atoms with Crippen LogP contribution in [-0.4, -0.2) is 90.7 Å². The highest BCUT2D eigenvalue weighted by Gasteiger charge is 2.86. The summed E-state index contributed by atoms with van der Waals surface area (Å²) in [7, 11) is -16.5. The third-order valence-electron chi connectivity index (χ3n) is 13.6. The van der Waals surface area contributed by atoms with Crippen molar-refractivity contribution in [2.45, 2.75) is 135 Å². The molecule has 3 aliphatic carbocycles. The lowest BCUT2D eigenvalue weighted by atomic mass is 9.44. The van der Waals surface area contributed by atoms with Crippen LogP contribution in [0.3, 0.4) is 0 Å². The molecule has 4 heterocycles. The summed E-state index contributed by atoms with van der Waals surface area (Å²) in [5, 5.41) is 0. The summed E-state index contributed by atoms with van der Waals surface area (Å²) in [5.74, 6) is -4.78. The second-order valence-electron chi connectivity index (χ2n) is 19.2. The van der Waals surface area contributed by atoms with Crippen molar-refractivity contribution in [2.75, 3.05) is 20.2 Å². The number of rotatable bonds is 15. The van der Waals surface area contributed by atoms with Gasteiger partial charge in [-0.05, 0) is 119 Å². The maximum Gasteiger partial charge on any atom is 0.536 e. The Balaban J connectivity index is 1.54. The molecule has 8 rings (SSSR count). The first kappa shape index (κ1) is 49.7. The van der Waals surface area contributed by atoms with Crippen LogP contribution in [-0.2, 0) is 47.8 Å². The Bertz CT molecular complexity index is 2440. The number of allylic oxidation sites excluding steroid dienone is 4. The van der Waals surface area contributed by atoms with Gasteiger partial charge in [0.15, 0.2) is 28.5 Å². The minimum absolute atomic E-state index is 0.0208. The molecule has 358 valence electrons. The van der Waals surface area contributed by atoms with Crippen molar-refractivity contribution >= 4 is 47.1 Å². The van der Waals surface area contributed by atoms with E-state index >= 15 is 9.59 Å². The molecule has 5 fully saturated rings. The molecule has 3 saturated carbocycles. The number of hydrogen-bond acceptors (Lipinski definition) is 14. The van der Waals surface area contributed by atoms with Crippen molar-refractivity contribution < 1.29 is 79.7 Å². The number of carbonyl (C=O) groups excluding carboxylic acids is 3. The van der Waals surface area contributed by atoms with E-state index in [1.54, 1.807) is 25.2 Å². The summed E-state index contributed by atoms with van der Waals surface area (Å²) >= 11 is 0. The first-order valence-electron chi connectivity index (χ1n) is 21.8. The van der Waals surface area contributed by atoms with Crippen molar-refractivity contribution in [3.05, 3.63) is 57.7 Å². The third-order valence-corrected chi connectivity index (χ3v) is 17.4. The lowest BCUT2D eigenvalue weighted by Crippen LogP contribution is -2.82. The molecular weight excluding hydrogens is 907 g/mol. The number of Topliss-reactive ketones (excluding diaryl/α,β-unsaturated/α-hetero) is 2. The van der Waals surface area contributed by atoms with Crippen LogP contribution >= 0.6 is 23.5 Å². The fourth-order valence-electron chi connectivity index (χ4n) is 11.1. The van der Waals surface area contributed by atoms with E-state index < -0.39 is 87.2 Å². The molecule has 0 amide bonds. The van der Waals surface area contributed by atoms with Gasteiger partial charge in [0.1, 0.15) is 22.7 Å². The van der Waals surface area contributed by atoms with Gasteiger partial charge in [0.2, 0.25) is 0 Å². The Kier molecular flexibility index (Phi) is 13.3. The smallest absolute Gasteiger partial charge is 0.482 e. The van der Waals surface area contributed by atoms with Crippen molar-refractivity contribution in [3.63, 3.8) is 0 Å². The number of phosphoric acid groups is 3. The Hall–Kier alpha value is -3.24. The van der Waals surface area contributed by atoms with Crippen LogP contribution in [0.2, 0.25) is 0 Å². The van der Waals surface area contributed by atoms with E-state index in [-0.39, 0.29) is 46.8 Å². The van der Waals surface area contributed by atoms with E-state index in [0.717, 1.165) is 30.4 Å². The largest absolute Gasteiger partial charge is 0.536 e. The number of phosphoric ester groups is 1. The zero-order valence-electron chi connectivity index (χ0n) is 38.2. The molecule has 4 N–H and O–H groups in total. The highest BCUT2D eigenvalue weighted by atomic mass is 31.3. The summed E-state index contributed by atoms with van der Waals surface area (Å²) in [4.78, 5) is 86.7. The van der Waals surface area contributed by atoms with Crippen LogP contribution in [0.15, 0.2) is 41.0 Å². The summed E-state index contributed by atoms with van der Waals surface area (Å²) < 4.78 is 78.6. The van der Waals surface area contributed by atoms with Crippen LogP contribution in [0.1, 0.15) is 122 Å². The summed E-state index contributed by atoms with van der Waals surface area (Å²) in [6.07, 6.45) is 12.6. The van der Waals surface area contributed by atoms with Crippen LogP contribution in [0.5, 0.6) is 17.2 Å².